The van der Waals surface area contributed by atoms with Gasteiger partial charge in [-0.3, -0.25) is 9.89 Å². The maximum atomic E-state index is 12.0. The summed E-state index contributed by atoms with van der Waals surface area (Å²) < 4.78 is 5.10. The van der Waals surface area contributed by atoms with Gasteiger partial charge in [0, 0.05) is 25.4 Å². The van der Waals surface area contributed by atoms with E-state index in [9.17, 15) is 4.79 Å². The fraction of sp³-hybridized carbons (Fsp3) is 0.273. The fourth-order valence-corrected chi connectivity index (χ4v) is 1.52. The van der Waals surface area contributed by atoms with E-state index in [4.69, 9.17) is 4.42 Å². The number of aryl methyl sites for hydroxylation is 1. The van der Waals surface area contributed by atoms with Gasteiger partial charge in [0.15, 0.2) is 0 Å². The van der Waals surface area contributed by atoms with Gasteiger partial charge in [0.05, 0.1) is 18.0 Å². The number of aromatic amines is 1. The van der Waals surface area contributed by atoms with Gasteiger partial charge in [0.1, 0.15) is 5.76 Å². The predicted octanol–water partition coefficient (Wildman–Crippen LogP) is 1.58. The van der Waals surface area contributed by atoms with Crippen LogP contribution in [0.5, 0.6) is 0 Å². The molecule has 1 N–H and O–H groups in total. The number of hydrogen-bond donors (Lipinski definition) is 1. The minimum atomic E-state index is -0.0487. The topological polar surface area (TPSA) is 62.1 Å². The second-order valence-corrected chi connectivity index (χ2v) is 3.66. The molecule has 0 unspecified atom stereocenters. The van der Waals surface area contributed by atoms with Gasteiger partial charge >= 0.3 is 0 Å². The van der Waals surface area contributed by atoms with Crippen LogP contribution < -0.4 is 0 Å². The van der Waals surface area contributed by atoms with Crippen LogP contribution >= 0.6 is 0 Å². The number of aromatic nitrogens is 2. The second-order valence-electron chi connectivity index (χ2n) is 3.66. The number of carbonyl (C=O) groups excluding carboxylic acids is 1. The molecule has 84 valence electrons. The number of hydrogen-bond acceptors (Lipinski definition) is 3. The highest BCUT2D eigenvalue weighted by Gasteiger charge is 2.16. The third-order valence-corrected chi connectivity index (χ3v) is 2.41. The highest BCUT2D eigenvalue weighted by Crippen LogP contribution is 2.12. The van der Waals surface area contributed by atoms with Gasteiger partial charge in [0.25, 0.3) is 5.91 Å². The monoisotopic (exact) mass is 219 g/mol. The smallest absolute Gasteiger partial charge is 0.257 e. The second kappa shape index (κ2) is 4.22. The number of nitrogens with zero attached hydrogens (tertiary/aromatic N) is 2. The Balaban J connectivity index is 2.08. The van der Waals surface area contributed by atoms with E-state index in [1.54, 1.807) is 37.3 Å². The number of H-pyrrole nitrogens is 1. The molecule has 0 atom stereocenters. The average Bonchev–Trinajstić information content (AvgIpc) is 2.88. The Bertz CT molecular complexity index is 473. The number of furan rings is 1. The van der Waals surface area contributed by atoms with Gasteiger partial charge in [-0.15, -0.1) is 0 Å². The predicted molar refractivity (Wildman–Crippen MR) is 57.8 cm³/mol. The first-order valence-corrected chi connectivity index (χ1v) is 4.95. The number of amides is 1. The maximum Gasteiger partial charge on any atom is 0.257 e. The van der Waals surface area contributed by atoms with Gasteiger partial charge in [-0.2, -0.15) is 5.10 Å². The molecule has 1 amide bonds. The summed E-state index contributed by atoms with van der Waals surface area (Å²) in [6.45, 7) is 2.30. The van der Waals surface area contributed by atoms with E-state index in [0.717, 1.165) is 5.56 Å². The van der Waals surface area contributed by atoms with Crippen molar-refractivity contribution in [2.75, 3.05) is 7.05 Å². The van der Waals surface area contributed by atoms with Crippen LogP contribution in [0.4, 0.5) is 0 Å². The van der Waals surface area contributed by atoms with Crippen molar-refractivity contribution >= 4 is 5.91 Å². The Kier molecular flexibility index (Phi) is 2.76. The molecule has 16 heavy (non-hydrogen) atoms. The highest BCUT2D eigenvalue weighted by atomic mass is 16.3. The van der Waals surface area contributed by atoms with Crippen LogP contribution in [0, 0.1) is 6.92 Å². The minimum Gasteiger partial charge on any atom is -0.469 e. The zero-order chi connectivity index (χ0) is 11.5. The summed E-state index contributed by atoms with van der Waals surface area (Å²) in [6.07, 6.45) is 4.99. The van der Waals surface area contributed by atoms with Crippen molar-refractivity contribution < 1.29 is 9.21 Å². The van der Waals surface area contributed by atoms with Crippen LogP contribution in [-0.4, -0.2) is 28.1 Å². The maximum absolute atomic E-state index is 12.0. The first kappa shape index (κ1) is 10.5. The van der Waals surface area contributed by atoms with E-state index >= 15 is 0 Å². The zero-order valence-corrected chi connectivity index (χ0v) is 9.23. The molecule has 0 aromatic carbocycles. The van der Waals surface area contributed by atoms with Crippen LogP contribution in [0.2, 0.25) is 0 Å². The van der Waals surface area contributed by atoms with Crippen molar-refractivity contribution in [3.63, 3.8) is 0 Å². The third-order valence-electron chi connectivity index (χ3n) is 2.41. The van der Waals surface area contributed by atoms with E-state index < -0.39 is 0 Å². The summed E-state index contributed by atoms with van der Waals surface area (Å²) in [5.74, 6) is 0.594. The van der Waals surface area contributed by atoms with E-state index in [1.807, 2.05) is 0 Å². The number of nitrogens with one attached hydrogen (secondary N) is 1. The molecule has 0 aliphatic heterocycles. The quantitative estimate of drug-likeness (QED) is 0.852. The van der Waals surface area contributed by atoms with Crippen molar-refractivity contribution in [1.82, 2.24) is 15.1 Å². The molecule has 0 saturated heterocycles. The van der Waals surface area contributed by atoms with Crippen LogP contribution in [0.3, 0.4) is 0 Å². The molecule has 2 heterocycles. The van der Waals surface area contributed by atoms with Crippen LogP contribution in [0.1, 0.15) is 21.7 Å². The molecule has 5 nitrogen and oxygen atoms in total. The molecule has 0 spiro atoms. The highest BCUT2D eigenvalue weighted by molar-refractivity contribution is 5.94. The summed E-state index contributed by atoms with van der Waals surface area (Å²) in [5, 5.41) is 6.55. The molecule has 2 rings (SSSR count). The lowest BCUT2D eigenvalue weighted by atomic mass is 10.2. The summed E-state index contributed by atoms with van der Waals surface area (Å²) in [4.78, 5) is 13.6. The number of carbonyl (C=O) groups is 1. The molecule has 0 bridgehead atoms. The van der Waals surface area contributed by atoms with E-state index in [2.05, 4.69) is 10.2 Å². The van der Waals surface area contributed by atoms with Gasteiger partial charge in [-0.1, -0.05) is 0 Å². The molecule has 2 aromatic rings. The van der Waals surface area contributed by atoms with E-state index in [1.165, 1.54) is 6.26 Å². The molecule has 0 fully saturated rings. The van der Waals surface area contributed by atoms with Crippen molar-refractivity contribution in [3.8, 4) is 0 Å². The lowest BCUT2D eigenvalue weighted by Gasteiger charge is -2.15. The van der Waals surface area contributed by atoms with Gasteiger partial charge in [0.2, 0.25) is 0 Å². The molecule has 2 aromatic heterocycles. The normalized spacial score (nSPS) is 10.4. The first-order valence-electron chi connectivity index (χ1n) is 4.95. The SMILES string of the molecule is Cc1occc1C(=O)N(C)Cc1cn[nH]c1. The Hall–Kier alpha value is -2.04. The van der Waals surface area contributed by atoms with Crippen LogP contribution in [0.15, 0.2) is 29.1 Å². The average molecular weight is 219 g/mol. The Labute approximate surface area is 93.1 Å². The largest absolute Gasteiger partial charge is 0.469 e. The third kappa shape index (κ3) is 1.98. The van der Waals surface area contributed by atoms with Crippen molar-refractivity contribution in [3.05, 3.63) is 41.6 Å². The Morgan fingerprint density at radius 3 is 3.00 bits per heavy atom. The van der Waals surface area contributed by atoms with Gasteiger partial charge < -0.3 is 9.32 Å². The van der Waals surface area contributed by atoms with Gasteiger partial charge in [-0.25, -0.2) is 0 Å². The van der Waals surface area contributed by atoms with Crippen LogP contribution in [0.25, 0.3) is 0 Å². The fourth-order valence-electron chi connectivity index (χ4n) is 1.52. The van der Waals surface area contributed by atoms with E-state index in [0.29, 0.717) is 17.9 Å². The molecule has 0 aliphatic rings. The minimum absolute atomic E-state index is 0.0487. The summed E-state index contributed by atoms with van der Waals surface area (Å²) in [7, 11) is 1.75. The zero-order valence-electron chi connectivity index (χ0n) is 9.23. The molecule has 0 aliphatic carbocycles. The lowest BCUT2D eigenvalue weighted by Crippen LogP contribution is -2.26. The van der Waals surface area contributed by atoms with Gasteiger partial charge in [-0.05, 0) is 13.0 Å². The molecule has 5 heteroatoms. The number of rotatable bonds is 3. The molecule has 0 radical (unpaired) electrons. The molecular weight excluding hydrogens is 206 g/mol. The van der Waals surface area contributed by atoms with Crippen molar-refractivity contribution in [1.29, 1.82) is 0 Å². The lowest BCUT2D eigenvalue weighted by molar-refractivity contribution is 0.0783. The molecule has 0 saturated carbocycles. The summed E-state index contributed by atoms with van der Waals surface area (Å²) in [5.41, 5.74) is 1.57. The summed E-state index contributed by atoms with van der Waals surface area (Å²) in [6, 6.07) is 1.68. The standard InChI is InChI=1S/C11H13N3O2/c1-8-10(3-4-16-8)11(15)14(2)7-9-5-12-13-6-9/h3-6H,7H2,1-2H3,(H,12,13). The van der Waals surface area contributed by atoms with Crippen molar-refractivity contribution in [2.45, 2.75) is 13.5 Å². The Morgan fingerprint density at radius 2 is 2.44 bits per heavy atom. The van der Waals surface area contributed by atoms with Crippen LogP contribution in [-0.2, 0) is 6.54 Å². The first-order chi connectivity index (χ1) is 7.68. The Morgan fingerprint density at radius 1 is 1.62 bits per heavy atom. The van der Waals surface area contributed by atoms with Crippen molar-refractivity contribution in [2.24, 2.45) is 0 Å². The molecular formula is C11H13N3O2. The summed E-state index contributed by atoms with van der Waals surface area (Å²) >= 11 is 0. The van der Waals surface area contributed by atoms with E-state index in [-0.39, 0.29) is 5.91 Å².